The predicted octanol–water partition coefficient (Wildman–Crippen LogP) is 1.80. The van der Waals surface area contributed by atoms with E-state index in [1.165, 1.54) is 6.26 Å². The number of aliphatic imine (C=N–C) groups is 1. The first-order valence-corrected chi connectivity index (χ1v) is 9.60. The van der Waals surface area contributed by atoms with Crippen LogP contribution in [0.4, 0.5) is 0 Å². The highest BCUT2D eigenvalue weighted by molar-refractivity contribution is 7.90. The first-order valence-electron chi connectivity index (χ1n) is 7.71. The third-order valence-corrected chi connectivity index (χ3v) is 4.72. The van der Waals surface area contributed by atoms with Crippen LogP contribution in [-0.2, 0) is 22.7 Å². The molecule has 1 rings (SSSR count). The van der Waals surface area contributed by atoms with E-state index in [1.807, 2.05) is 13.8 Å². The molecule has 1 aromatic rings. The number of guanidine groups is 1. The lowest BCUT2D eigenvalue weighted by Crippen LogP contribution is -2.24. The molecule has 1 amide bonds. The van der Waals surface area contributed by atoms with Gasteiger partial charge in [0.05, 0.1) is 4.90 Å². The summed E-state index contributed by atoms with van der Waals surface area (Å²) in [5.74, 6) is -0.950. The molecule has 4 N–H and O–H groups in total. The fourth-order valence-corrected chi connectivity index (χ4v) is 3.88. The van der Waals surface area contributed by atoms with Gasteiger partial charge in [0.2, 0.25) is 0 Å². The molecule has 0 atom stereocenters. The third kappa shape index (κ3) is 5.06. The Bertz CT molecular complexity index is 706. The fraction of sp³-hybridized carbons (Fsp3) is 0.500. The van der Waals surface area contributed by atoms with Crippen molar-refractivity contribution in [2.75, 3.05) is 6.26 Å². The summed E-state index contributed by atoms with van der Waals surface area (Å²) in [4.78, 5) is 16.0. The summed E-state index contributed by atoms with van der Waals surface area (Å²) >= 11 is 0. The minimum atomic E-state index is -3.46. The van der Waals surface area contributed by atoms with Crippen LogP contribution in [0.1, 0.15) is 54.6 Å². The molecule has 0 radical (unpaired) electrons. The Morgan fingerprint density at radius 1 is 1.13 bits per heavy atom. The van der Waals surface area contributed by atoms with Gasteiger partial charge in [0.15, 0.2) is 15.8 Å². The van der Waals surface area contributed by atoms with Gasteiger partial charge in [0.25, 0.3) is 5.91 Å². The number of nitrogens with two attached hydrogens (primary N) is 2. The molecule has 0 spiro atoms. The van der Waals surface area contributed by atoms with Crippen molar-refractivity contribution in [3.05, 3.63) is 28.8 Å². The van der Waals surface area contributed by atoms with Gasteiger partial charge < -0.3 is 11.5 Å². The van der Waals surface area contributed by atoms with Gasteiger partial charge in [0, 0.05) is 11.8 Å². The molecule has 0 bridgehead atoms. The summed E-state index contributed by atoms with van der Waals surface area (Å²) in [5.41, 5.74) is 12.0. The maximum atomic E-state index is 12.3. The third-order valence-electron chi connectivity index (χ3n) is 3.47. The summed E-state index contributed by atoms with van der Waals surface area (Å²) in [5, 5.41) is 0. The minimum absolute atomic E-state index is 0.251. The Morgan fingerprint density at radius 3 is 2.26 bits per heavy atom. The van der Waals surface area contributed by atoms with Crippen LogP contribution in [0.5, 0.6) is 0 Å². The second-order valence-corrected chi connectivity index (χ2v) is 7.50. The van der Waals surface area contributed by atoms with Gasteiger partial charge in [-0.25, -0.2) is 8.42 Å². The Kier molecular flexibility index (Phi) is 6.75. The summed E-state index contributed by atoms with van der Waals surface area (Å²) in [6.07, 6.45) is 4.86. The summed E-state index contributed by atoms with van der Waals surface area (Å²) in [7, 11) is -3.46. The van der Waals surface area contributed by atoms with Crippen LogP contribution in [0.25, 0.3) is 0 Å². The maximum absolute atomic E-state index is 12.3. The lowest BCUT2D eigenvalue weighted by molar-refractivity contribution is 0.100. The van der Waals surface area contributed by atoms with E-state index in [4.69, 9.17) is 11.5 Å². The first kappa shape index (κ1) is 19.2. The lowest BCUT2D eigenvalue weighted by Gasteiger charge is -2.16. The monoisotopic (exact) mass is 339 g/mol. The van der Waals surface area contributed by atoms with Crippen LogP contribution < -0.4 is 11.5 Å². The second-order valence-electron chi connectivity index (χ2n) is 5.55. The van der Waals surface area contributed by atoms with Crippen molar-refractivity contribution in [2.24, 2.45) is 16.5 Å². The van der Waals surface area contributed by atoms with E-state index in [0.29, 0.717) is 24.8 Å². The van der Waals surface area contributed by atoms with Gasteiger partial charge in [-0.2, -0.15) is 4.99 Å². The van der Waals surface area contributed by atoms with E-state index < -0.39 is 15.7 Å². The van der Waals surface area contributed by atoms with Crippen molar-refractivity contribution >= 4 is 21.7 Å². The van der Waals surface area contributed by atoms with Gasteiger partial charge in [-0.1, -0.05) is 32.8 Å². The zero-order valence-electron chi connectivity index (χ0n) is 13.9. The molecular formula is C16H25N3O3S. The van der Waals surface area contributed by atoms with Gasteiger partial charge in [-0.15, -0.1) is 0 Å². The van der Waals surface area contributed by atoms with Crippen molar-refractivity contribution in [3.63, 3.8) is 0 Å². The second kappa shape index (κ2) is 8.10. The molecule has 0 saturated carbocycles. The highest BCUT2D eigenvalue weighted by Crippen LogP contribution is 2.28. The standard InChI is InChI=1S/C16H25N3O3S/c1-4-6-8-11-9-10-13(15(20)19-16(17)18)12(7-5-2)14(11)23(3,21)22/h9-10H,4-8H2,1-3H3,(H4,17,18,19,20). The zero-order chi connectivity index (χ0) is 17.6. The number of hydrogen-bond acceptors (Lipinski definition) is 3. The number of nitrogens with zero attached hydrogens (tertiary/aromatic N) is 1. The molecule has 7 heteroatoms. The predicted molar refractivity (Wildman–Crippen MR) is 92.3 cm³/mol. The summed E-state index contributed by atoms with van der Waals surface area (Å²) in [6, 6.07) is 3.32. The molecule has 0 fully saturated rings. The smallest absolute Gasteiger partial charge is 0.280 e. The van der Waals surface area contributed by atoms with E-state index in [-0.39, 0.29) is 16.4 Å². The first-order chi connectivity index (χ1) is 10.7. The molecule has 0 aliphatic heterocycles. The molecule has 0 saturated heterocycles. The Morgan fingerprint density at radius 2 is 1.78 bits per heavy atom. The van der Waals surface area contributed by atoms with E-state index in [0.717, 1.165) is 18.4 Å². The zero-order valence-corrected chi connectivity index (χ0v) is 14.7. The molecule has 0 aliphatic rings. The summed E-state index contributed by atoms with van der Waals surface area (Å²) < 4.78 is 24.6. The van der Waals surface area contributed by atoms with Gasteiger partial charge in [-0.3, -0.25) is 4.79 Å². The van der Waals surface area contributed by atoms with Gasteiger partial charge in [-0.05, 0) is 36.5 Å². The van der Waals surface area contributed by atoms with Crippen LogP contribution in [0.15, 0.2) is 22.0 Å². The number of aryl methyl sites for hydroxylation is 1. The van der Waals surface area contributed by atoms with Crippen LogP contribution in [0, 0.1) is 0 Å². The topological polar surface area (TPSA) is 116 Å². The van der Waals surface area contributed by atoms with Crippen molar-refractivity contribution < 1.29 is 13.2 Å². The van der Waals surface area contributed by atoms with Crippen LogP contribution in [0.2, 0.25) is 0 Å². The average molecular weight is 339 g/mol. The molecule has 128 valence electrons. The normalized spacial score (nSPS) is 11.3. The molecule has 1 aromatic carbocycles. The van der Waals surface area contributed by atoms with E-state index in [9.17, 15) is 13.2 Å². The van der Waals surface area contributed by atoms with Gasteiger partial charge >= 0.3 is 0 Å². The van der Waals surface area contributed by atoms with Crippen LogP contribution >= 0.6 is 0 Å². The Hall–Kier alpha value is -1.89. The number of benzene rings is 1. The summed E-state index contributed by atoms with van der Waals surface area (Å²) in [6.45, 7) is 3.98. The molecule has 0 unspecified atom stereocenters. The number of sulfone groups is 1. The molecule has 23 heavy (non-hydrogen) atoms. The van der Waals surface area contributed by atoms with Crippen molar-refractivity contribution in [1.29, 1.82) is 0 Å². The number of amides is 1. The molecule has 0 aromatic heterocycles. The Labute approximate surface area is 137 Å². The van der Waals surface area contributed by atoms with Crippen molar-refractivity contribution in [2.45, 2.75) is 50.8 Å². The van der Waals surface area contributed by atoms with E-state index >= 15 is 0 Å². The molecular weight excluding hydrogens is 314 g/mol. The quantitative estimate of drug-likeness (QED) is 0.580. The fourth-order valence-electron chi connectivity index (χ4n) is 2.58. The number of unbranched alkanes of at least 4 members (excludes halogenated alkanes) is 1. The molecule has 0 aliphatic carbocycles. The Balaban J connectivity index is 3.62. The number of rotatable bonds is 7. The largest absolute Gasteiger partial charge is 0.370 e. The highest BCUT2D eigenvalue weighted by atomic mass is 32.2. The van der Waals surface area contributed by atoms with Crippen LogP contribution in [0.3, 0.4) is 0 Å². The number of hydrogen-bond donors (Lipinski definition) is 2. The average Bonchev–Trinajstić information content (AvgIpc) is 2.43. The maximum Gasteiger partial charge on any atom is 0.280 e. The highest BCUT2D eigenvalue weighted by Gasteiger charge is 2.23. The SMILES string of the molecule is CCCCc1ccc(C(=O)N=C(N)N)c(CCC)c1S(C)(=O)=O. The minimum Gasteiger partial charge on any atom is -0.370 e. The number of carbonyl (C=O) groups excluding carboxylic acids is 1. The van der Waals surface area contributed by atoms with Gasteiger partial charge in [0.1, 0.15) is 0 Å². The van der Waals surface area contributed by atoms with Crippen molar-refractivity contribution in [3.8, 4) is 0 Å². The van der Waals surface area contributed by atoms with Crippen molar-refractivity contribution in [1.82, 2.24) is 0 Å². The van der Waals surface area contributed by atoms with E-state index in [1.54, 1.807) is 12.1 Å². The number of carbonyl (C=O) groups is 1. The van der Waals surface area contributed by atoms with E-state index in [2.05, 4.69) is 4.99 Å². The molecule has 6 nitrogen and oxygen atoms in total. The van der Waals surface area contributed by atoms with Crippen LogP contribution in [-0.4, -0.2) is 26.5 Å². The lowest BCUT2D eigenvalue weighted by atomic mass is 9.97. The molecule has 0 heterocycles.